The Hall–Kier alpha value is -2.10. The maximum Gasteiger partial charge on any atom is 0.311 e. The molecule has 4 nitrogen and oxygen atoms in total. The van der Waals surface area contributed by atoms with E-state index in [1.165, 1.54) is 18.0 Å². The van der Waals surface area contributed by atoms with Gasteiger partial charge in [0.15, 0.2) is 0 Å². The molecule has 2 rings (SSSR count). The molecule has 0 spiro atoms. The molecule has 1 aromatic carbocycles. The van der Waals surface area contributed by atoms with E-state index in [0.717, 1.165) is 6.42 Å². The molecule has 19 heavy (non-hydrogen) atoms. The minimum Gasteiger partial charge on any atom is -0.435 e. The number of rotatable bonds is 4. The summed E-state index contributed by atoms with van der Waals surface area (Å²) in [6.07, 6.45) is 4.03. The molecule has 4 heteroatoms. The van der Waals surface area contributed by atoms with Gasteiger partial charge in [-0.25, -0.2) is 4.98 Å². The molecular weight excluding hydrogens is 240 g/mol. The predicted octanol–water partition coefficient (Wildman–Crippen LogP) is 3.25. The van der Waals surface area contributed by atoms with Crippen LogP contribution in [0, 0.1) is 0 Å². The molecular formula is C15H18N2O2. The fourth-order valence-electron chi connectivity index (χ4n) is 1.70. The second kappa shape index (κ2) is 5.26. The van der Waals surface area contributed by atoms with Crippen molar-refractivity contribution >= 4 is 0 Å². The molecule has 0 saturated heterocycles. The minimum atomic E-state index is -0.333. The number of benzene rings is 1. The highest BCUT2D eigenvalue weighted by Gasteiger charge is 2.17. The van der Waals surface area contributed by atoms with E-state index in [1.807, 2.05) is 24.3 Å². The lowest BCUT2D eigenvalue weighted by atomic mass is 9.82. The highest BCUT2D eigenvalue weighted by molar-refractivity contribution is 5.33. The van der Waals surface area contributed by atoms with Crippen molar-refractivity contribution in [2.45, 2.75) is 32.6 Å². The van der Waals surface area contributed by atoms with Gasteiger partial charge in [0.2, 0.25) is 0 Å². The van der Waals surface area contributed by atoms with Crippen LogP contribution in [0.15, 0.2) is 41.5 Å². The zero-order valence-electron chi connectivity index (χ0n) is 11.4. The van der Waals surface area contributed by atoms with Crippen molar-refractivity contribution in [1.29, 1.82) is 0 Å². The number of nitrogens with one attached hydrogen (secondary N) is 1. The Morgan fingerprint density at radius 2 is 1.95 bits per heavy atom. The van der Waals surface area contributed by atoms with Crippen molar-refractivity contribution in [3.05, 3.63) is 52.6 Å². The Bertz CT molecular complexity index is 600. The molecule has 2 aromatic rings. The van der Waals surface area contributed by atoms with E-state index < -0.39 is 0 Å². The Morgan fingerprint density at radius 1 is 1.26 bits per heavy atom. The topological polar surface area (TPSA) is 55.0 Å². The van der Waals surface area contributed by atoms with Gasteiger partial charge in [0.1, 0.15) is 5.75 Å². The standard InChI is InChI=1S/C15H18N2O2/c1-4-15(2,3)11-5-7-12(8-6-11)19-14-13(18)16-9-10-17-14/h5-10H,4H2,1-3H3,(H,16,18). The molecule has 0 atom stereocenters. The zero-order chi connectivity index (χ0) is 13.9. The average Bonchev–Trinajstić information content (AvgIpc) is 2.42. The van der Waals surface area contributed by atoms with Crippen LogP contribution in [0.25, 0.3) is 0 Å². The highest BCUT2D eigenvalue weighted by atomic mass is 16.5. The summed E-state index contributed by atoms with van der Waals surface area (Å²) in [6, 6.07) is 7.77. The van der Waals surface area contributed by atoms with Gasteiger partial charge in [0.25, 0.3) is 5.88 Å². The number of aromatic amines is 1. The molecule has 1 heterocycles. The molecule has 0 fully saturated rings. The average molecular weight is 258 g/mol. The van der Waals surface area contributed by atoms with E-state index in [1.54, 1.807) is 0 Å². The molecule has 0 aliphatic rings. The summed E-state index contributed by atoms with van der Waals surface area (Å²) in [6.45, 7) is 6.57. The Labute approximate surface area is 112 Å². The number of H-pyrrole nitrogens is 1. The van der Waals surface area contributed by atoms with Crippen LogP contribution in [0.3, 0.4) is 0 Å². The molecule has 100 valence electrons. The smallest absolute Gasteiger partial charge is 0.311 e. The van der Waals surface area contributed by atoms with Crippen molar-refractivity contribution in [3.63, 3.8) is 0 Å². The third kappa shape index (κ3) is 3.02. The second-order valence-electron chi connectivity index (χ2n) is 5.09. The Balaban J connectivity index is 2.20. The van der Waals surface area contributed by atoms with E-state index in [0.29, 0.717) is 5.75 Å². The first-order valence-corrected chi connectivity index (χ1v) is 6.35. The van der Waals surface area contributed by atoms with Gasteiger partial charge < -0.3 is 9.72 Å². The number of hydrogen-bond acceptors (Lipinski definition) is 3. The van der Waals surface area contributed by atoms with Gasteiger partial charge in [-0.15, -0.1) is 0 Å². The lowest BCUT2D eigenvalue weighted by Gasteiger charge is -2.23. The molecule has 1 N–H and O–H groups in total. The number of ether oxygens (including phenoxy) is 1. The summed E-state index contributed by atoms with van der Waals surface area (Å²) < 4.78 is 5.46. The van der Waals surface area contributed by atoms with Gasteiger partial charge in [-0.3, -0.25) is 4.79 Å². The third-order valence-electron chi connectivity index (χ3n) is 3.41. The molecule has 0 aliphatic carbocycles. The quantitative estimate of drug-likeness (QED) is 0.915. The van der Waals surface area contributed by atoms with Gasteiger partial charge in [-0.2, -0.15) is 0 Å². The van der Waals surface area contributed by atoms with Crippen LogP contribution >= 0.6 is 0 Å². The lowest BCUT2D eigenvalue weighted by Crippen LogP contribution is -2.15. The highest BCUT2D eigenvalue weighted by Crippen LogP contribution is 2.28. The Kier molecular flexibility index (Phi) is 3.69. The maximum atomic E-state index is 11.5. The van der Waals surface area contributed by atoms with Crippen LogP contribution in [0.5, 0.6) is 11.6 Å². The SMILES string of the molecule is CCC(C)(C)c1ccc(Oc2ncc[nH]c2=O)cc1. The van der Waals surface area contributed by atoms with E-state index in [9.17, 15) is 4.79 Å². The fourth-order valence-corrected chi connectivity index (χ4v) is 1.70. The van der Waals surface area contributed by atoms with Crippen molar-refractivity contribution < 1.29 is 4.74 Å². The van der Waals surface area contributed by atoms with Gasteiger partial charge in [-0.05, 0) is 29.5 Å². The van der Waals surface area contributed by atoms with Crippen molar-refractivity contribution in [2.75, 3.05) is 0 Å². The van der Waals surface area contributed by atoms with Crippen molar-refractivity contribution in [2.24, 2.45) is 0 Å². The Morgan fingerprint density at radius 3 is 2.53 bits per heavy atom. The lowest BCUT2D eigenvalue weighted by molar-refractivity contribution is 0.452. The molecule has 1 aromatic heterocycles. The first-order valence-electron chi connectivity index (χ1n) is 6.35. The van der Waals surface area contributed by atoms with Crippen LogP contribution < -0.4 is 10.3 Å². The van der Waals surface area contributed by atoms with E-state index in [2.05, 4.69) is 30.7 Å². The van der Waals surface area contributed by atoms with Crippen molar-refractivity contribution in [3.8, 4) is 11.6 Å². The van der Waals surface area contributed by atoms with Gasteiger partial charge >= 0.3 is 5.56 Å². The second-order valence-corrected chi connectivity index (χ2v) is 5.09. The summed E-state index contributed by atoms with van der Waals surface area (Å²) in [5.74, 6) is 0.671. The van der Waals surface area contributed by atoms with Crippen LogP contribution in [-0.2, 0) is 5.41 Å². The predicted molar refractivity (Wildman–Crippen MR) is 74.7 cm³/mol. The van der Waals surface area contributed by atoms with Crippen LogP contribution in [-0.4, -0.2) is 9.97 Å². The third-order valence-corrected chi connectivity index (χ3v) is 3.41. The fraction of sp³-hybridized carbons (Fsp3) is 0.333. The van der Waals surface area contributed by atoms with Crippen LogP contribution in [0.4, 0.5) is 0 Å². The molecule has 0 radical (unpaired) electrons. The van der Waals surface area contributed by atoms with Gasteiger partial charge in [-0.1, -0.05) is 32.9 Å². The van der Waals surface area contributed by atoms with Crippen LogP contribution in [0.2, 0.25) is 0 Å². The van der Waals surface area contributed by atoms with Gasteiger partial charge in [0, 0.05) is 12.4 Å². The first-order chi connectivity index (χ1) is 9.03. The summed E-state index contributed by atoms with van der Waals surface area (Å²) in [5.41, 5.74) is 1.05. The summed E-state index contributed by atoms with van der Waals surface area (Å²) in [5, 5.41) is 0. The zero-order valence-corrected chi connectivity index (χ0v) is 11.4. The van der Waals surface area contributed by atoms with Crippen LogP contribution in [0.1, 0.15) is 32.8 Å². The summed E-state index contributed by atoms with van der Waals surface area (Å²) in [4.78, 5) is 17.9. The monoisotopic (exact) mass is 258 g/mol. The van der Waals surface area contributed by atoms with Gasteiger partial charge in [0.05, 0.1) is 0 Å². The minimum absolute atomic E-state index is 0.0602. The number of hydrogen-bond donors (Lipinski definition) is 1. The normalized spacial score (nSPS) is 11.3. The molecule has 0 aliphatic heterocycles. The van der Waals surface area contributed by atoms with E-state index in [-0.39, 0.29) is 16.9 Å². The first kappa shape index (κ1) is 13.3. The molecule has 0 unspecified atom stereocenters. The van der Waals surface area contributed by atoms with Crippen molar-refractivity contribution in [1.82, 2.24) is 9.97 Å². The molecule has 0 saturated carbocycles. The summed E-state index contributed by atoms with van der Waals surface area (Å²) in [7, 11) is 0. The largest absolute Gasteiger partial charge is 0.435 e. The maximum absolute atomic E-state index is 11.5. The van der Waals surface area contributed by atoms with E-state index >= 15 is 0 Å². The molecule has 0 bridgehead atoms. The number of nitrogens with zero attached hydrogens (tertiary/aromatic N) is 1. The summed E-state index contributed by atoms with van der Waals surface area (Å²) >= 11 is 0. The van der Waals surface area contributed by atoms with E-state index in [4.69, 9.17) is 4.74 Å². The molecule has 0 amide bonds. The number of aromatic nitrogens is 2.